The average Bonchev–Trinajstić information content (AvgIpc) is 3.20. The van der Waals surface area contributed by atoms with Crippen molar-refractivity contribution in [2.75, 3.05) is 0 Å². The van der Waals surface area contributed by atoms with E-state index in [-0.39, 0.29) is 11.8 Å². The molecule has 1 aromatic heterocycles. The molecule has 2 atom stereocenters. The van der Waals surface area contributed by atoms with Crippen LogP contribution in [0.15, 0.2) is 47.6 Å². The quantitative estimate of drug-likeness (QED) is 0.678. The molecule has 1 fully saturated rings. The van der Waals surface area contributed by atoms with Crippen LogP contribution in [-0.2, 0) is 4.79 Å². The first-order valence-electron chi connectivity index (χ1n) is 7.11. The normalized spacial score (nSPS) is 21.1. The van der Waals surface area contributed by atoms with Crippen molar-refractivity contribution >= 4 is 23.0 Å². The standard InChI is InChI=1S/C17H18N2OS/c1-11-8-9-16(21-11)12(2)18-19-17(20)15-10-14(15)13-6-4-3-5-7-13/h3-9,14-15H,10H2,1-2H3,(H,19,20)/t14-,15-/m1/s1. The van der Waals surface area contributed by atoms with Gasteiger partial charge in [0.15, 0.2) is 0 Å². The molecule has 3 nitrogen and oxygen atoms in total. The number of hydrogen-bond acceptors (Lipinski definition) is 3. The highest BCUT2D eigenvalue weighted by molar-refractivity contribution is 7.14. The zero-order valence-corrected chi connectivity index (χ0v) is 13.0. The van der Waals surface area contributed by atoms with E-state index in [9.17, 15) is 4.79 Å². The maximum absolute atomic E-state index is 12.1. The van der Waals surface area contributed by atoms with Crippen LogP contribution >= 0.6 is 11.3 Å². The first-order valence-corrected chi connectivity index (χ1v) is 7.92. The third kappa shape index (κ3) is 3.22. The van der Waals surface area contributed by atoms with Gasteiger partial charge in [-0.25, -0.2) is 5.43 Å². The van der Waals surface area contributed by atoms with E-state index in [0.717, 1.165) is 17.0 Å². The average molecular weight is 298 g/mol. The molecule has 1 N–H and O–H groups in total. The summed E-state index contributed by atoms with van der Waals surface area (Å²) in [6.07, 6.45) is 0.919. The van der Waals surface area contributed by atoms with E-state index in [1.165, 1.54) is 10.4 Å². The van der Waals surface area contributed by atoms with Crippen LogP contribution in [-0.4, -0.2) is 11.6 Å². The van der Waals surface area contributed by atoms with Crippen molar-refractivity contribution in [3.05, 3.63) is 57.8 Å². The van der Waals surface area contributed by atoms with E-state index in [2.05, 4.69) is 35.7 Å². The van der Waals surface area contributed by atoms with E-state index >= 15 is 0 Å². The van der Waals surface area contributed by atoms with Gasteiger partial charge >= 0.3 is 0 Å². The van der Waals surface area contributed by atoms with Crippen LogP contribution in [0, 0.1) is 12.8 Å². The minimum atomic E-state index is 0.0245. The second kappa shape index (κ2) is 5.82. The summed E-state index contributed by atoms with van der Waals surface area (Å²) >= 11 is 1.69. The van der Waals surface area contributed by atoms with Crippen LogP contribution in [0.25, 0.3) is 0 Å². The second-order valence-electron chi connectivity index (χ2n) is 5.44. The number of carbonyl (C=O) groups excluding carboxylic acids is 1. The predicted molar refractivity (Wildman–Crippen MR) is 86.7 cm³/mol. The third-order valence-electron chi connectivity index (χ3n) is 3.79. The molecule has 1 amide bonds. The van der Waals surface area contributed by atoms with Crippen molar-refractivity contribution in [2.24, 2.45) is 11.0 Å². The number of amides is 1. The van der Waals surface area contributed by atoms with Gasteiger partial charge in [0.2, 0.25) is 5.91 Å². The molecule has 1 aliphatic carbocycles. The summed E-state index contributed by atoms with van der Waals surface area (Å²) in [5.74, 6) is 0.441. The summed E-state index contributed by atoms with van der Waals surface area (Å²) in [5.41, 5.74) is 4.81. The Hall–Kier alpha value is -1.94. The number of benzene rings is 1. The van der Waals surface area contributed by atoms with E-state index in [1.54, 1.807) is 11.3 Å². The Morgan fingerprint density at radius 3 is 2.67 bits per heavy atom. The van der Waals surface area contributed by atoms with Crippen LogP contribution in [0.4, 0.5) is 0 Å². The van der Waals surface area contributed by atoms with Gasteiger partial charge in [-0.15, -0.1) is 11.3 Å². The van der Waals surface area contributed by atoms with Gasteiger partial charge in [-0.05, 0) is 43.9 Å². The van der Waals surface area contributed by atoms with Crippen molar-refractivity contribution in [3.8, 4) is 0 Å². The lowest BCUT2D eigenvalue weighted by Crippen LogP contribution is -2.21. The molecule has 1 aliphatic rings. The number of carbonyl (C=O) groups is 1. The van der Waals surface area contributed by atoms with E-state index in [4.69, 9.17) is 0 Å². The molecule has 0 bridgehead atoms. The predicted octanol–water partition coefficient (Wildman–Crippen LogP) is 3.70. The lowest BCUT2D eigenvalue weighted by Gasteiger charge is -2.01. The Kier molecular flexibility index (Phi) is 3.88. The summed E-state index contributed by atoms with van der Waals surface area (Å²) in [7, 11) is 0. The van der Waals surface area contributed by atoms with Crippen molar-refractivity contribution in [3.63, 3.8) is 0 Å². The minimum Gasteiger partial charge on any atom is -0.273 e. The highest BCUT2D eigenvalue weighted by atomic mass is 32.1. The number of aryl methyl sites for hydroxylation is 1. The van der Waals surface area contributed by atoms with Crippen LogP contribution < -0.4 is 5.43 Å². The zero-order chi connectivity index (χ0) is 14.8. The molecule has 1 saturated carbocycles. The molecule has 3 rings (SSSR count). The van der Waals surface area contributed by atoms with Gasteiger partial charge in [0.1, 0.15) is 0 Å². The fourth-order valence-electron chi connectivity index (χ4n) is 2.46. The summed E-state index contributed by atoms with van der Waals surface area (Å²) in [6.45, 7) is 3.99. The number of nitrogens with one attached hydrogen (secondary N) is 1. The Morgan fingerprint density at radius 2 is 2.00 bits per heavy atom. The van der Waals surface area contributed by atoms with Crippen LogP contribution in [0.2, 0.25) is 0 Å². The summed E-state index contributed by atoms with van der Waals surface area (Å²) in [5, 5.41) is 4.22. The number of thiophene rings is 1. The first-order chi connectivity index (χ1) is 10.1. The van der Waals surface area contributed by atoms with Crippen molar-refractivity contribution in [1.29, 1.82) is 0 Å². The van der Waals surface area contributed by atoms with Crippen LogP contribution in [0.3, 0.4) is 0 Å². The van der Waals surface area contributed by atoms with Gasteiger partial charge in [0.05, 0.1) is 10.6 Å². The molecular weight excluding hydrogens is 280 g/mol. The van der Waals surface area contributed by atoms with Gasteiger partial charge in [0, 0.05) is 10.8 Å². The van der Waals surface area contributed by atoms with E-state index in [1.807, 2.05) is 31.2 Å². The molecule has 21 heavy (non-hydrogen) atoms. The maximum Gasteiger partial charge on any atom is 0.243 e. The smallest absolute Gasteiger partial charge is 0.243 e. The van der Waals surface area contributed by atoms with Crippen molar-refractivity contribution in [1.82, 2.24) is 5.43 Å². The summed E-state index contributed by atoms with van der Waals surface area (Å²) < 4.78 is 0. The van der Waals surface area contributed by atoms with E-state index in [0.29, 0.717) is 5.92 Å². The molecule has 0 unspecified atom stereocenters. The van der Waals surface area contributed by atoms with Gasteiger partial charge in [-0.1, -0.05) is 30.3 Å². The maximum atomic E-state index is 12.1. The molecule has 0 aliphatic heterocycles. The Morgan fingerprint density at radius 1 is 1.24 bits per heavy atom. The fraction of sp³-hybridized carbons (Fsp3) is 0.294. The van der Waals surface area contributed by atoms with E-state index < -0.39 is 0 Å². The van der Waals surface area contributed by atoms with Gasteiger partial charge < -0.3 is 0 Å². The second-order valence-corrected chi connectivity index (χ2v) is 6.73. The SMILES string of the molecule is CC(=NNC(=O)[C@@H]1C[C@@H]1c1ccccc1)c1ccc(C)s1. The molecule has 2 aromatic rings. The lowest BCUT2D eigenvalue weighted by molar-refractivity contribution is -0.122. The number of hydrogen-bond donors (Lipinski definition) is 1. The monoisotopic (exact) mass is 298 g/mol. The lowest BCUT2D eigenvalue weighted by atomic mass is 10.1. The van der Waals surface area contributed by atoms with Crippen molar-refractivity contribution in [2.45, 2.75) is 26.2 Å². The molecule has 1 aromatic carbocycles. The van der Waals surface area contributed by atoms with Crippen molar-refractivity contribution < 1.29 is 4.79 Å². The third-order valence-corrected chi connectivity index (χ3v) is 4.90. The topological polar surface area (TPSA) is 41.5 Å². The zero-order valence-electron chi connectivity index (χ0n) is 12.2. The van der Waals surface area contributed by atoms with Gasteiger partial charge in [-0.2, -0.15) is 5.10 Å². The van der Waals surface area contributed by atoms with Gasteiger partial charge in [0.25, 0.3) is 0 Å². The molecular formula is C17H18N2OS. The molecule has 4 heteroatoms. The Bertz CT molecular complexity index is 675. The molecule has 108 valence electrons. The summed E-state index contributed by atoms with van der Waals surface area (Å²) in [4.78, 5) is 14.5. The fourth-order valence-corrected chi connectivity index (χ4v) is 3.27. The first kappa shape index (κ1) is 14.0. The number of hydrazone groups is 1. The molecule has 0 spiro atoms. The number of nitrogens with zero attached hydrogens (tertiary/aromatic N) is 1. The minimum absolute atomic E-state index is 0.0245. The Labute approximate surface area is 128 Å². The highest BCUT2D eigenvalue weighted by Gasteiger charge is 2.43. The molecule has 0 saturated heterocycles. The largest absolute Gasteiger partial charge is 0.273 e. The highest BCUT2D eigenvalue weighted by Crippen LogP contribution is 2.47. The van der Waals surface area contributed by atoms with Crippen LogP contribution in [0.1, 0.15) is 34.6 Å². The summed E-state index contributed by atoms with van der Waals surface area (Å²) in [6, 6.07) is 14.3. The Balaban J connectivity index is 1.58. The molecule has 0 radical (unpaired) electrons. The van der Waals surface area contributed by atoms with Gasteiger partial charge in [-0.3, -0.25) is 4.79 Å². The van der Waals surface area contributed by atoms with Crippen LogP contribution in [0.5, 0.6) is 0 Å². The molecule has 1 heterocycles. The number of rotatable bonds is 4.